The molecule has 0 aliphatic carbocycles. The Labute approximate surface area is 155 Å². The Hall–Kier alpha value is -3.74. The molecule has 2 aromatic carbocycles. The van der Waals surface area contributed by atoms with Crippen LogP contribution in [0.25, 0.3) is 11.1 Å². The van der Waals surface area contributed by atoms with Gasteiger partial charge in [-0.25, -0.2) is 15.0 Å². The normalized spacial score (nSPS) is 10.7. The molecule has 2 aromatic heterocycles. The van der Waals surface area contributed by atoms with Gasteiger partial charge < -0.3 is 15.1 Å². The third-order valence-electron chi connectivity index (χ3n) is 3.97. The summed E-state index contributed by atoms with van der Waals surface area (Å²) in [7, 11) is 0. The zero-order valence-corrected chi connectivity index (χ0v) is 14.9. The fourth-order valence-electron chi connectivity index (χ4n) is 2.75. The van der Waals surface area contributed by atoms with Gasteiger partial charge in [0.05, 0.1) is 0 Å². The number of aromatic nitrogens is 3. The number of carbonyl (C=O) groups excluding carboxylic acids is 1. The van der Waals surface area contributed by atoms with E-state index in [1.165, 1.54) is 6.39 Å². The average molecular weight is 359 g/mol. The Balaban J connectivity index is 1.46. The van der Waals surface area contributed by atoms with Gasteiger partial charge in [-0.1, -0.05) is 0 Å². The van der Waals surface area contributed by atoms with Crippen LogP contribution in [-0.4, -0.2) is 20.9 Å². The molecule has 0 radical (unpaired) electrons. The lowest BCUT2D eigenvalue weighted by molar-refractivity contribution is 0.102. The molecule has 0 bridgehead atoms. The van der Waals surface area contributed by atoms with Crippen molar-refractivity contribution < 1.29 is 9.21 Å². The number of aryl methyl sites for hydroxylation is 2. The summed E-state index contributed by atoms with van der Waals surface area (Å²) < 4.78 is 5.19. The lowest BCUT2D eigenvalue weighted by atomic mass is 10.2. The van der Waals surface area contributed by atoms with Crippen molar-refractivity contribution in [2.24, 2.45) is 0 Å². The Morgan fingerprint density at radius 3 is 2.37 bits per heavy atom. The first-order valence-electron chi connectivity index (χ1n) is 8.41. The van der Waals surface area contributed by atoms with Crippen molar-refractivity contribution in [3.63, 3.8) is 0 Å². The van der Waals surface area contributed by atoms with E-state index >= 15 is 0 Å². The number of fused-ring (bicyclic) bond motifs is 1. The topological polar surface area (TPSA) is 92.9 Å². The van der Waals surface area contributed by atoms with E-state index in [-0.39, 0.29) is 5.91 Å². The number of amides is 1. The highest BCUT2D eigenvalue weighted by Gasteiger charge is 2.09. The molecule has 4 aromatic rings. The van der Waals surface area contributed by atoms with E-state index in [0.29, 0.717) is 28.3 Å². The lowest BCUT2D eigenvalue weighted by Gasteiger charge is -2.09. The van der Waals surface area contributed by atoms with Crippen molar-refractivity contribution >= 4 is 34.3 Å². The van der Waals surface area contributed by atoms with Gasteiger partial charge in [0, 0.05) is 28.3 Å². The molecule has 0 aliphatic heterocycles. The first-order chi connectivity index (χ1) is 13.1. The summed E-state index contributed by atoms with van der Waals surface area (Å²) in [6.45, 7) is 3.85. The molecule has 7 nitrogen and oxygen atoms in total. The number of nitrogens with zero attached hydrogens (tertiary/aromatic N) is 3. The van der Waals surface area contributed by atoms with Crippen molar-refractivity contribution in [3.05, 3.63) is 71.9 Å². The molecule has 4 rings (SSSR count). The summed E-state index contributed by atoms with van der Waals surface area (Å²) in [6.07, 6.45) is 1.36. The number of oxazole rings is 1. The van der Waals surface area contributed by atoms with E-state index in [9.17, 15) is 4.79 Å². The molecule has 0 unspecified atom stereocenters. The molecule has 0 aliphatic rings. The van der Waals surface area contributed by atoms with Crippen LogP contribution in [0, 0.1) is 13.8 Å². The highest BCUT2D eigenvalue weighted by molar-refractivity contribution is 6.05. The highest BCUT2D eigenvalue weighted by atomic mass is 16.3. The first kappa shape index (κ1) is 16.7. The third kappa shape index (κ3) is 3.77. The van der Waals surface area contributed by atoms with Gasteiger partial charge in [-0.15, -0.1) is 0 Å². The SMILES string of the molecule is Cc1cc(C)nc(Nc2ccc(NC(=O)c3ccc4ocnc4c3)cc2)n1. The second-order valence-corrected chi connectivity index (χ2v) is 6.17. The Morgan fingerprint density at radius 1 is 0.926 bits per heavy atom. The van der Waals surface area contributed by atoms with E-state index < -0.39 is 0 Å². The molecular weight excluding hydrogens is 342 g/mol. The van der Waals surface area contributed by atoms with Crippen LogP contribution in [0.15, 0.2) is 59.3 Å². The van der Waals surface area contributed by atoms with Crippen molar-refractivity contribution in [1.29, 1.82) is 0 Å². The third-order valence-corrected chi connectivity index (χ3v) is 3.97. The molecule has 0 spiro atoms. The number of carbonyl (C=O) groups is 1. The summed E-state index contributed by atoms with van der Waals surface area (Å²) in [5.74, 6) is 0.337. The summed E-state index contributed by atoms with van der Waals surface area (Å²) in [5, 5.41) is 6.03. The summed E-state index contributed by atoms with van der Waals surface area (Å²) in [5.41, 5.74) is 5.14. The zero-order valence-electron chi connectivity index (χ0n) is 14.9. The zero-order chi connectivity index (χ0) is 18.8. The lowest BCUT2D eigenvalue weighted by Crippen LogP contribution is -2.11. The Bertz CT molecular complexity index is 1100. The molecule has 0 fully saturated rings. The van der Waals surface area contributed by atoms with Crippen LogP contribution in [0.4, 0.5) is 17.3 Å². The minimum absolute atomic E-state index is 0.210. The smallest absolute Gasteiger partial charge is 0.255 e. The molecule has 2 heterocycles. The predicted octanol–water partition coefficient (Wildman–Crippen LogP) is 4.23. The van der Waals surface area contributed by atoms with Crippen LogP contribution >= 0.6 is 0 Å². The van der Waals surface area contributed by atoms with Crippen molar-refractivity contribution in [2.75, 3.05) is 10.6 Å². The largest absolute Gasteiger partial charge is 0.443 e. The van der Waals surface area contributed by atoms with Crippen molar-refractivity contribution in [3.8, 4) is 0 Å². The fraction of sp³-hybridized carbons (Fsp3) is 0.100. The Kier molecular flexibility index (Phi) is 4.25. The average Bonchev–Trinajstić information content (AvgIpc) is 3.10. The van der Waals surface area contributed by atoms with Crippen LogP contribution < -0.4 is 10.6 Å². The quantitative estimate of drug-likeness (QED) is 0.566. The molecule has 2 N–H and O–H groups in total. The molecule has 1 amide bonds. The molecule has 7 heteroatoms. The number of benzene rings is 2. The minimum Gasteiger partial charge on any atom is -0.443 e. The number of nitrogens with one attached hydrogen (secondary N) is 2. The molecule has 134 valence electrons. The van der Waals surface area contributed by atoms with Crippen LogP contribution in [-0.2, 0) is 0 Å². The van der Waals surface area contributed by atoms with Gasteiger partial charge in [-0.3, -0.25) is 4.79 Å². The molecule has 0 atom stereocenters. The summed E-state index contributed by atoms with van der Waals surface area (Å²) in [6, 6.07) is 14.4. The number of hydrogen-bond acceptors (Lipinski definition) is 6. The van der Waals surface area contributed by atoms with Crippen molar-refractivity contribution in [1.82, 2.24) is 15.0 Å². The van der Waals surface area contributed by atoms with Crippen LogP contribution in [0.1, 0.15) is 21.7 Å². The minimum atomic E-state index is -0.210. The number of anilines is 3. The van der Waals surface area contributed by atoms with Crippen LogP contribution in [0.3, 0.4) is 0 Å². The maximum Gasteiger partial charge on any atom is 0.255 e. The van der Waals surface area contributed by atoms with E-state index in [4.69, 9.17) is 4.42 Å². The molecular formula is C20H17N5O2. The van der Waals surface area contributed by atoms with Gasteiger partial charge in [-0.2, -0.15) is 0 Å². The molecule has 0 saturated carbocycles. The summed E-state index contributed by atoms with van der Waals surface area (Å²) >= 11 is 0. The number of rotatable bonds is 4. The fourth-order valence-corrected chi connectivity index (χ4v) is 2.75. The number of hydrogen-bond donors (Lipinski definition) is 2. The highest BCUT2D eigenvalue weighted by Crippen LogP contribution is 2.19. The van der Waals surface area contributed by atoms with Gasteiger partial charge >= 0.3 is 0 Å². The first-order valence-corrected chi connectivity index (χ1v) is 8.41. The standard InChI is InChI=1S/C20H17N5O2/c1-12-9-13(2)23-20(22-12)25-16-6-4-15(5-7-16)24-19(26)14-3-8-18-17(10-14)21-11-27-18/h3-11H,1-2H3,(H,24,26)(H,22,23,25). The second-order valence-electron chi connectivity index (χ2n) is 6.17. The Morgan fingerprint density at radius 2 is 1.63 bits per heavy atom. The maximum atomic E-state index is 12.4. The van der Waals surface area contributed by atoms with Crippen LogP contribution in [0.2, 0.25) is 0 Å². The molecule has 27 heavy (non-hydrogen) atoms. The van der Waals surface area contributed by atoms with Gasteiger partial charge in [0.25, 0.3) is 5.91 Å². The van der Waals surface area contributed by atoms with Gasteiger partial charge in [0.1, 0.15) is 5.52 Å². The second kappa shape index (κ2) is 6.87. The van der Waals surface area contributed by atoms with E-state index in [1.54, 1.807) is 18.2 Å². The van der Waals surface area contributed by atoms with Gasteiger partial charge in [0.15, 0.2) is 12.0 Å². The van der Waals surface area contributed by atoms with E-state index in [2.05, 4.69) is 25.6 Å². The van der Waals surface area contributed by atoms with E-state index in [0.717, 1.165) is 17.1 Å². The maximum absolute atomic E-state index is 12.4. The summed E-state index contributed by atoms with van der Waals surface area (Å²) in [4.78, 5) is 25.2. The van der Waals surface area contributed by atoms with Gasteiger partial charge in [-0.05, 0) is 62.4 Å². The predicted molar refractivity (Wildman–Crippen MR) is 103 cm³/mol. The van der Waals surface area contributed by atoms with Crippen LogP contribution in [0.5, 0.6) is 0 Å². The van der Waals surface area contributed by atoms with E-state index in [1.807, 2.05) is 44.2 Å². The monoisotopic (exact) mass is 359 g/mol. The van der Waals surface area contributed by atoms with Crippen molar-refractivity contribution in [2.45, 2.75) is 13.8 Å². The molecule has 0 saturated heterocycles. The van der Waals surface area contributed by atoms with Gasteiger partial charge in [0.2, 0.25) is 5.95 Å².